The highest BCUT2D eigenvalue weighted by molar-refractivity contribution is 7.19. The van der Waals surface area contributed by atoms with Crippen molar-refractivity contribution in [1.29, 1.82) is 0 Å². The Morgan fingerprint density at radius 3 is 2.88 bits per heavy atom. The fourth-order valence-electron chi connectivity index (χ4n) is 3.21. The van der Waals surface area contributed by atoms with Crippen LogP contribution in [0.1, 0.15) is 29.8 Å². The van der Waals surface area contributed by atoms with Gasteiger partial charge in [0.05, 0.1) is 12.2 Å². The zero-order chi connectivity index (χ0) is 16.5. The molecule has 0 aliphatic carbocycles. The predicted molar refractivity (Wildman–Crippen MR) is 100 cm³/mol. The van der Waals surface area contributed by atoms with Gasteiger partial charge in [-0.25, -0.2) is 10.9 Å². The highest BCUT2D eigenvalue weighted by Crippen LogP contribution is 2.33. The highest BCUT2D eigenvalue weighted by atomic mass is 32.1. The lowest BCUT2D eigenvalue weighted by Gasteiger charge is -2.16. The minimum absolute atomic E-state index is 0.162. The van der Waals surface area contributed by atoms with Crippen LogP contribution >= 0.6 is 11.3 Å². The van der Waals surface area contributed by atoms with Crippen molar-refractivity contribution in [2.75, 3.05) is 5.32 Å². The number of hydrazine groups is 1. The molecule has 5 heteroatoms. The van der Waals surface area contributed by atoms with E-state index in [1.165, 1.54) is 15.0 Å². The molecule has 0 amide bonds. The zero-order valence-corrected chi connectivity index (χ0v) is 14.4. The Balaban J connectivity index is 1.48. The molecule has 4 nitrogen and oxygen atoms in total. The number of aromatic hydroxyl groups is 1. The average molecular weight is 339 g/mol. The molecule has 0 radical (unpaired) electrons. The molecule has 3 aromatic rings. The van der Waals surface area contributed by atoms with E-state index in [1.54, 1.807) is 6.07 Å². The molecule has 2 unspecified atom stereocenters. The van der Waals surface area contributed by atoms with Crippen molar-refractivity contribution in [1.82, 2.24) is 10.9 Å². The lowest BCUT2D eigenvalue weighted by Crippen LogP contribution is -2.36. The number of hydrogen-bond acceptors (Lipinski definition) is 5. The van der Waals surface area contributed by atoms with Crippen LogP contribution in [0.3, 0.4) is 0 Å². The van der Waals surface area contributed by atoms with E-state index < -0.39 is 0 Å². The van der Waals surface area contributed by atoms with E-state index in [4.69, 9.17) is 0 Å². The SMILES string of the molecule is CCc1cc(O)ccc1NC1CC(c2cc3ccccc3s2)NN1. The van der Waals surface area contributed by atoms with Crippen LogP contribution in [0.5, 0.6) is 5.75 Å². The summed E-state index contributed by atoms with van der Waals surface area (Å²) < 4.78 is 1.33. The molecule has 4 rings (SSSR count). The summed E-state index contributed by atoms with van der Waals surface area (Å²) in [5.41, 5.74) is 8.95. The van der Waals surface area contributed by atoms with Crippen molar-refractivity contribution in [3.63, 3.8) is 0 Å². The first-order chi connectivity index (χ1) is 11.7. The molecule has 1 aromatic heterocycles. The number of thiophene rings is 1. The van der Waals surface area contributed by atoms with Crippen molar-refractivity contribution in [3.8, 4) is 5.75 Å². The zero-order valence-electron chi connectivity index (χ0n) is 13.5. The van der Waals surface area contributed by atoms with Gasteiger partial charge in [0.2, 0.25) is 0 Å². The third-order valence-electron chi connectivity index (χ3n) is 4.49. The second-order valence-corrected chi connectivity index (χ2v) is 7.27. The number of anilines is 1. The largest absolute Gasteiger partial charge is 0.508 e. The number of fused-ring (bicyclic) bond motifs is 1. The predicted octanol–water partition coefficient (Wildman–Crippen LogP) is 4.15. The van der Waals surface area contributed by atoms with Gasteiger partial charge in [-0.3, -0.25) is 0 Å². The van der Waals surface area contributed by atoms with Crippen LogP contribution in [-0.4, -0.2) is 11.3 Å². The van der Waals surface area contributed by atoms with E-state index in [0.29, 0.717) is 11.8 Å². The summed E-state index contributed by atoms with van der Waals surface area (Å²) in [7, 11) is 0. The molecule has 1 saturated heterocycles. The normalized spacial score (nSPS) is 20.5. The van der Waals surface area contributed by atoms with Crippen LogP contribution in [0.2, 0.25) is 0 Å². The van der Waals surface area contributed by atoms with Crippen molar-refractivity contribution in [2.24, 2.45) is 0 Å². The Morgan fingerprint density at radius 1 is 1.17 bits per heavy atom. The molecule has 0 bridgehead atoms. The first-order valence-corrected chi connectivity index (χ1v) is 9.12. The number of benzene rings is 2. The Labute approximate surface area is 145 Å². The number of rotatable bonds is 4. The average Bonchev–Trinajstić information content (AvgIpc) is 3.22. The maximum atomic E-state index is 9.63. The maximum absolute atomic E-state index is 9.63. The van der Waals surface area contributed by atoms with Crippen LogP contribution in [-0.2, 0) is 6.42 Å². The van der Waals surface area contributed by atoms with Gasteiger partial charge < -0.3 is 10.4 Å². The topological polar surface area (TPSA) is 56.3 Å². The maximum Gasteiger partial charge on any atom is 0.116 e. The molecule has 1 fully saturated rings. The second kappa shape index (κ2) is 6.43. The molecule has 2 aromatic carbocycles. The standard InChI is InChI=1S/C19H21N3OS/c1-2-12-9-14(23)7-8-15(12)20-19-11-16(21-22-19)18-10-13-5-3-4-6-17(13)24-18/h3-10,16,19-23H,2,11H2,1H3. The lowest BCUT2D eigenvalue weighted by atomic mass is 10.1. The number of phenolic OH excluding ortho intramolecular Hbond substituents is 1. The Morgan fingerprint density at radius 2 is 2.04 bits per heavy atom. The van der Waals surface area contributed by atoms with Gasteiger partial charge in [0, 0.05) is 21.7 Å². The molecule has 0 saturated carbocycles. The fourth-order valence-corrected chi connectivity index (χ4v) is 4.34. The minimum atomic E-state index is 0.162. The van der Waals surface area contributed by atoms with Gasteiger partial charge in [0.25, 0.3) is 0 Å². The molecule has 1 aliphatic heterocycles. The first-order valence-electron chi connectivity index (χ1n) is 8.31. The second-order valence-electron chi connectivity index (χ2n) is 6.16. The first kappa shape index (κ1) is 15.4. The highest BCUT2D eigenvalue weighted by Gasteiger charge is 2.26. The van der Waals surface area contributed by atoms with E-state index in [9.17, 15) is 5.11 Å². The van der Waals surface area contributed by atoms with E-state index in [-0.39, 0.29) is 6.17 Å². The van der Waals surface area contributed by atoms with Crippen LogP contribution in [0.25, 0.3) is 10.1 Å². The molecule has 0 spiro atoms. The number of hydrogen-bond donors (Lipinski definition) is 4. The van der Waals surface area contributed by atoms with Gasteiger partial charge >= 0.3 is 0 Å². The Bertz CT molecular complexity index is 828. The molecular weight excluding hydrogens is 318 g/mol. The molecule has 1 aliphatic rings. The summed E-state index contributed by atoms with van der Waals surface area (Å²) in [6.45, 7) is 2.10. The van der Waals surface area contributed by atoms with Crippen molar-refractivity contribution < 1.29 is 5.11 Å². The van der Waals surface area contributed by atoms with Crippen molar-refractivity contribution in [2.45, 2.75) is 32.0 Å². The summed E-state index contributed by atoms with van der Waals surface area (Å²) in [5, 5.41) is 14.5. The lowest BCUT2D eigenvalue weighted by molar-refractivity contribution is 0.474. The van der Waals surface area contributed by atoms with Crippen LogP contribution in [0.15, 0.2) is 48.5 Å². The van der Waals surface area contributed by atoms with Gasteiger partial charge in [0.1, 0.15) is 5.75 Å². The summed E-state index contributed by atoms with van der Waals surface area (Å²) in [6, 6.07) is 16.6. The summed E-state index contributed by atoms with van der Waals surface area (Å²) in [4.78, 5) is 1.36. The molecular formula is C19H21N3OS. The quantitative estimate of drug-likeness (QED) is 0.540. The van der Waals surface area contributed by atoms with Gasteiger partial charge in [-0.2, -0.15) is 0 Å². The number of nitrogens with one attached hydrogen (secondary N) is 3. The van der Waals surface area contributed by atoms with E-state index >= 15 is 0 Å². The van der Waals surface area contributed by atoms with Crippen molar-refractivity contribution >= 4 is 27.1 Å². The smallest absolute Gasteiger partial charge is 0.116 e. The van der Waals surface area contributed by atoms with Crippen LogP contribution < -0.4 is 16.2 Å². The van der Waals surface area contributed by atoms with Gasteiger partial charge in [-0.15, -0.1) is 11.3 Å². The van der Waals surface area contributed by atoms with E-state index in [2.05, 4.69) is 53.4 Å². The molecule has 24 heavy (non-hydrogen) atoms. The van der Waals surface area contributed by atoms with E-state index in [0.717, 1.165) is 24.1 Å². The summed E-state index contributed by atoms with van der Waals surface area (Å²) in [6.07, 6.45) is 2.02. The van der Waals surface area contributed by atoms with Crippen LogP contribution in [0.4, 0.5) is 5.69 Å². The number of aryl methyl sites for hydroxylation is 1. The molecule has 2 atom stereocenters. The third-order valence-corrected chi connectivity index (χ3v) is 5.72. The van der Waals surface area contributed by atoms with Gasteiger partial charge in [-0.05, 0) is 47.7 Å². The molecule has 2 heterocycles. The van der Waals surface area contributed by atoms with Crippen molar-refractivity contribution in [3.05, 3.63) is 59.0 Å². The Hall–Kier alpha value is -2.08. The van der Waals surface area contributed by atoms with Gasteiger partial charge in [0.15, 0.2) is 0 Å². The van der Waals surface area contributed by atoms with E-state index in [1.807, 2.05) is 23.5 Å². The minimum Gasteiger partial charge on any atom is -0.508 e. The Kier molecular flexibility index (Phi) is 4.14. The summed E-state index contributed by atoms with van der Waals surface area (Å²) >= 11 is 1.85. The third kappa shape index (κ3) is 2.98. The molecule has 4 N–H and O–H groups in total. The summed E-state index contributed by atoms with van der Waals surface area (Å²) in [5.74, 6) is 0.318. The fraction of sp³-hybridized carbons (Fsp3) is 0.263. The monoisotopic (exact) mass is 339 g/mol. The van der Waals surface area contributed by atoms with Crippen LogP contribution in [0, 0.1) is 0 Å². The molecule has 124 valence electrons. The number of phenols is 1. The van der Waals surface area contributed by atoms with Gasteiger partial charge in [-0.1, -0.05) is 25.1 Å².